The van der Waals surface area contributed by atoms with Crippen LogP contribution in [0.4, 0.5) is 0 Å². The summed E-state index contributed by atoms with van der Waals surface area (Å²) in [5.41, 5.74) is 0. The molecule has 0 unspecified atom stereocenters. The van der Waals surface area contributed by atoms with E-state index in [2.05, 4.69) is 17.2 Å². The normalized spacial score (nSPS) is 10.7. The third-order valence-electron chi connectivity index (χ3n) is 2.78. The Bertz CT molecular complexity index is 79.2. The number of hydrogen-bond donors (Lipinski definition) is 0. The van der Waals surface area contributed by atoms with Crippen molar-refractivity contribution in [3.05, 3.63) is 0 Å². The van der Waals surface area contributed by atoms with E-state index in [4.69, 9.17) is 0 Å². The first-order chi connectivity index (χ1) is 6.91. The summed E-state index contributed by atoms with van der Waals surface area (Å²) in [5.74, 6) is 0. The van der Waals surface area contributed by atoms with Crippen molar-refractivity contribution >= 4 is 10.2 Å². The fourth-order valence-corrected chi connectivity index (χ4v) is 2.04. The molecule has 0 atom stereocenters. The summed E-state index contributed by atoms with van der Waals surface area (Å²) < 4.78 is 0. The number of unbranched alkanes of at least 4 members (excludes halogenated alkanes) is 10. The average molecular weight is 211 g/mol. The minimum absolute atomic E-state index is 1.18. The van der Waals surface area contributed by atoms with Crippen LogP contribution in [0.1, 0.15) is 77.6 Å². The Hall–Kier alpha value is 0.217. The predicted molar refractivity (Wildman–Crippen MR) is 67.0 cm³/mol. The van der Waals surface area contributed by atoms with Gasteiger partial charge in [0.2, 0.25) is 0 Å². The zero-order valence-electron chi connectivity index (χ0n) is 9.99. The summed E-state index contributed by atoms with van der Waals surface area (Å²) >= 11 is 0. The largest absolute Gasteiger partial charge is 0.0654 e. The van der Waals surface area contributed by atoms with Crippen molar-refractivity contribution in [2.45, 2.75) is 83.6 Å². The number of hydrogen-bond acceptors (Lipinski definition) is 0. The molecule has 0 aromatic carbocycles. The van der Waals surface area contributed by atoms with Crippen LogP contribution in [0.25, 0.3) is 0 Å². The van der Waals surface area contributed by atoms with Gasteiger partial charge in [0.15, 0.2) is 0 Å². The van der Waals surface area contributed by atoms with Gasteiger partial charge < -0.3 is 0 Å². The molecule has 83 valence electrons. The van der Waals surface area contributed by atoms with Crippen LogP contribution in [0, 0.1) is 0 Å². The van der Waals surface area contributed by atoms with Crippen molar-refractivity contribution < 1.29 is 0 Å². The highest BCUT2D eigenvalue weighted by Gasteiger charge is 1.91. The molecular formula is C13H27Si. The van der Waals surface area contributed by atoms with E-state index in [-0.39, 0.29) is 0 Å². The van der Waals surface area contributed by atoms with Crippen molar-refractivity contribution in [1.29, 1.82) is 0 Å². The van der Waals surface area contributed by atoms with Crippen molar-refractivity contribution in [3.63, 3.8) is 0 Å². The zero-order valence-corrected chi connectivity index (χ0v) is 11.0. The second kappa shape index (κ2) is 13.2. The molecule has 3 radical (unpaired) electrons. The molecule has 0 amide bonds. The molecule has 0 aliphatic carbocycles. The lowest BCUT2D eigenvalue weighted by atomic mass is 10.1. The summed E-state index contributed by atoms with van der Waals surface area (Å²) in [5, 5.41) is 0. The highest BCUT2D eigenvalue weighted by Crippen LogP contribution is 2.11. The smallest absolute Gasteiger partial charge is 0.0222 e. The Labute approximate surface area is 94.3 Å². The van der Waals surface area contributed by atoms with Crippen LogP contribution in [0.15, 0.2) is 0 Å². The number of rotatable bonds is 11. The fraction of sp³-hybridized carbons (Fsp3) is 1.00. The first kappa shape index (κ1) is 14.2. The van der Waals surface area contributed by atoms with Gasteiger partial charge in [0.25, 0.3) is 0 Å². The summed E-state index contributed by atoms with van der Waals surface area (Å²) in [6.07, 6.45) is 15.8. The third kappa shape index (κ3) is 12.2. The van der Waals surface area contributed by atoms with E-state index in [1.54, 1.807) is 0 Å². The molecule has 0 spiro atoms. The lowest BCUT2D eigenvalue weighted by Gasteiger charge is -2.01. The molecule has 0 saturated heterocycles. The molecule has 0 rings (SSSR count). The van der Waals surface area contributed by atoms with Crippen LogP contribution in [0.3, 0.4) is 0 Å². The second-order valence-electron chi connectivity index (χ2n) is 4.29. The van der Waals surface area contributed by atoms with Gasteiger partial charge in [-0.05, 0) is 0 Å². The molecule has 0 fully saturated rings. The van der Waals surface area contributed by atoms with Crippen LogP contribution in [0.5, 0.6) is 0 Å². The first-order valence-corrected chi connectivity index (χ1v) is 7.27. The van der Waals surface area contributed by atoms with Crippen LogP contribution >= 0.6 is 0 Å². The lowest BCUT2D eigenvalue weighted by molar-refractivity contribution is 0.554. The molecule has 14 heavy (non-hydrogen) atoms. The fourth-order valence-electron chi connectivity index (χ4n) is 1.79. The van der Waals surface area contributed by atoms with Crippen LogP contribution < -0.4 is 0 Å². The molecule has 0 bridgehead atoms. The van der Waals surface area contributed by atoms with Crippen molar-refractivity contribution in [3.8, 4) is 0 Å². The topological polar surface area (TPSA) is 0 Å². The van der Waals surface area contributed by atoms with Gasteiger partial charge in [0.1, 0.15) is 0 Å². The molecule has 0 nitrogen and oxygen atoms in total. The van der Waals surface area contributed by atoms with E-state index >= 15 is 0 Å². The van der Waals surface area contributed by atoms with Gasteiger partial charge in [-0.1, -0.05) is 83.6 Å². The molecule has 0 saturated carbocycles. The summed E-state index contributed by atoms with van der Waals surface area (Å²) in [4.78, 5) is 0. The van der Waals surface area contributed by atoms with Gasteiger partial charge in [-0.3, -0.25) is 0 Å². The zero-order chi connectivity index (χ0) is 10.5. The van der Waals surface area contributed by atoms with Gasteiger partial charge in [-0.15, -0.1) is 0 Å². The maximum atomic E-state index is 3.51. The molecule has 0 aliphatic rings. The minimum atomic E-state index is 1.18. The second-order valence-corrected chi connectivity index (χ2v) is 4.79. The minimum Gasteiger partial charge on any atom is -0.0654 e. The standard InChI is InChI=1S/C13H27Si/c1-2-3-4-5-6-7-8-9-10-11-12-13-14/h2-13H2,1H3. The van der Waals surface area contributed by atoms with E-state index in [1.165, 1.54) is 76.7 Å². The van der Waals surface area contributed by atoms with Crippen LogP contribution in [-0.2, 0) is 0 Å². The quantitative estimate of drug-likeness (QED) is 0.337. The average Bonchev–Trinajstić information content (AvgIpc) is 2.21. The lowest BCUT2D eigenvalue weighted by Crippen LogP contribution is -1.81. The maximum absolute atomic E-state index is 3.51. The van der Waals surface area contributed by atoms with Crippen molar-refractivity contribution in [2.24, 2.45) is 0 Å². The van der Waals surface area contributed by atoms with E-state index in [1.807, 2.05) is 0 Å². The molecule has 0 N–H and O–H groups in total. The summed E-state index contributed by atoms with van der Waals surface area (Å²) in [6, 6.07) is 1.18. The SMILES string of the molecule is CCCCCCCCCCCCC[Si]. The molecule has 1 heteroatoms. The summed E-state index contributed by atoms with van der Waals surface area (Å²) in [7, 11) is 3.51. The molecular weight excluding hydrogens is 184 g/mol. The highest BCUT2D eigenvalue weighted by molar-refractivity contribution is 6.08. The Balaban J connectivity index is 2.78. The third-order valence-corrected chi connectivity index (χ3v) is 3.13. The Morgan fingerprint density at radius 2 is 0.929 bits per heavy atom. The van der Waals surface area contributed by atoms with Gasteiger partial charge >= 0.3 is 0 Å². The Kier molecular flexibility index (Phi) is 13.4. The monoisotopic (exact) mass is 211 g/mol. The predicted octanol–water partition coefficient (Wildman–Crippen LogP) is 4.88. The molecule has 0 aromatic rings. The van der Waals surface area contributed by atoms with Gasteiger partial charge in [0.05, 0.1) is 0 Å². The van der Waals surface area contributed by atoms with E-state index < -0.39 is 0 Å². The van der Waals surface area contributed by atoms with E-state index in [9.17, 15) is 0 Å². The van der Waals surface area contributed by atoms with Gasteiger partial charge in [0, 0.05) is 10.2 Å². The Morgan fingerprint density at radius 1 is 0.571 bits per heavy atom. The maximum Gasteiger partial charge on any atom is 0.0222 e. The van der Waals surface area contributed by atoms with Crippen molar-refractivity contribution in [2.75, 3.05) is 0 Å². The highest BCUT2D eigenvalue weighted by atomic mass is 28.1. The van der Waals surface area contributed by atoms with Crippen LogP contribution in [-0.4, -0.2) is 10.2 Å². The van der Waals surface area contributed by atoms with E-state index in [0.717, 1.165) is 0 Å². The van der Waals surface area contributed by atoms with Crippen molar-refractivity contribution in [1.82, 2.24) is 0 Å². The van der Waals surface area contributed by atoms with Gasteiger partial charge in [-0.25, -0.2) is 0 Å². The van der Waals surface area contributed by atoms with Crippen LogP contribution in [0.2, 0.25) is 6.04 Å². The molecule has 0 aromatic heterocycles. The summed E-state index contributed by atoms with van der Waals surface area (Å²) in [6.45, 7) is 2.28. The molecule has 0 heterocycles. The van der Waals surface area contributed by atoms with Gasteiger partial charge in [-0.2, -0.15) is 0 Å². The Morgan fingerprint density at radius 3 is 1.29 bits per heavy atom. The van der Waals surface area contributed by atoms with E-state index in [0.29, 0.717) is 0 Å². The molecule has 0 aliphatic heterocycles. The first-order valence-electron chi connectivity index (χ1n) is 6.56.